The zero-order valence-electron chi connectivity index (χ0n) is 6.85. The predicted molar refractivity (Wildman–Crippen MR) is 49.1 cm³/mol. The largest absolute Gasteiger partial charge is 0.507 e. The standard InChI is InChI=1S/C8H6BrF2NO2/c9-7-3(10)1-4(13)6(8(7)11)5(14)2-12/h1,13H,2,12H2. The molecule has 0 spiro atoms. The molecule has 1 rings (SSSR count). The van der Waals surface area contributed by atoms with Gasteiger partial charge < -0.3 is 10.8 Å². The van der Waals surface area contributed by atoms with Crippen LogP contribution >= 0.6 is 15.9 Å². The number of benzene rings is 1. The number of phenolic OH excluding ortho intramolecular Hbond substituents is 1. The van der Waals surface area contributed by atoms with E-state index in [9.17, 15) is 13.6 Å². The number of phenols is 1. The third-order valence-corrected chi connectivity index (χ3v) is 2.33. The van der Waals surface area contributed by atoms with Crippen LogP contribution < -0.4 is 5.73 Å². The Morgan fingerprint density at radius 3 is 2.64 bits per heavy atom. The van der Waals surface area contributed by atoms with Gasteiger partial charge in [-0.05, 0) is 15.9 Å². The van der Waals surface area contributed by atoms with Gasteiger partial charge in [0.2, 0.25) is 0 Å². The van der Waals surface area contributed by atoms with Gasteiger partial charge in [-0.3, -0.25) is 4.79 Å². The van der Waals surface area contributed by atoms with Gasteiger partial charge in [0.25, 0.3) is 0 Å². The summed E-state index contributed by atoms with van der Waals surface area (Å²) in [6.45, 7) is -0.456. The number of nitrogens with two attached hydrogens (primary N) is 1. The second-order valence-corrected chi connectivity index (χ2v) is 3.30. The molecule has 0 atom stereocenters. The summed E-state index contributed by atoms with van der Waals surface area (Å²) >= 11 is 2.61. The average molecular weight is 266 g/mol. The second kappa shape index (κ2) is 4.02. The maximum Gasteiger partial charge on any atom is 0.183 e. The molecule has 0 heterocycles. The zero-order valence-corrected chi connectivity index (χ0v) is 8.44. The Labute approximate surface area is 86.7 Å². The number of ketones is 1. The van der Waals surface area contributed by atoms with Gasteiger partial charge in [-0.25, -0.2) is 8.78 Å². The summed E-state index contributed by atoms with van der Waals surface area (Å²) in [5, 5.41) is 9.12. The molecule has 0 fully saturated rings. The highest BCUT2D eigenvalue weighted by molar-refractivity contribution is 9.10. The number of carbonyl (C=O) groups excluding carboxylic acids is 1. The van der Waals surface area contributed by atoms with Gasteiger partial charge in [0.05, 0.1) is 16.6 Å². The Hall–Kier alpha value is -1.01. The highest BCUT2D eigenvalue weighted by atomic mass is 79.9. The van der Waals surface area contributed by atoms with Gasteiger partial charge in [-0.2, -0.15) is 0 Å². The van der Waals surface area contributed by atoms with E-state index in [0.29, 0.717) is 6.07 Å². The first-order valence-electron chi connectivity index (χ1n) is 3.58. The van der Waals surface area contributed by atoms with Crippen LogP contribution in [-0.4, -0.2) is 17.4 Å². The summed E-state index contributed by atoms with van der Waals surface area (Å²) in [4.78, 5) is 11.1. The van der Waals surface area contributed by atoms with E-state index in [1.807, 2.05) is 0 Å². The van der Waals surface area contributed by atoms with Gasteiger partial charge >= 0.3 is 0 Å². The molecule has 0 unspecified atom stereocenters. The van der Waals surface area contributed by atoms with E-state index < -0.39 is 39.7 Å². The van der Waals surface area contributed by atoms with E-state index in [-0.39, 0.29) is 0 Å². The fourth-order valence-corrected chi connectivity index (χ4v) is 1.26. The summed E-state index contributed by atoms with van der Waals surface area (Å²) in [5.74, 6) is -3.66. The van der Waals surface area contributed by atoms with Crippen molar-refractivity contribution in [2.75, 3.05) is 6.54 Å². The van der Waals surface area contributed by atoms with Crippen LogP contribution in [0.1, 0.15) is 10.4 Å². The van der Waals surface area contributed by atoms with Crippen molar-refractivity contribution in [1.29, 1.82) is 0 Å². The van der Waals surface area contributed by atoms with Crippen LogP contribution in [0.15, 0.2) is 10.5 Å². The minimum absolute atomic E-state index is 0.456. The summed E-state index contributed by atoms with van der Waals surface area (Å²) in [6.07, 6.45) is 0. The van der Waals surface area contributed by atoms with Crippen LogP contribution in [0.25, 0.3) is 0 Å². The Kier molecular flexibility index (Phi) is 3.17. The first-order valence-corrected chi connectivity index (χ1v) is 4.38. The van der Waals surface area contributed by atoms with Crippen LogP contribution in [0.3, 0.4) is 0 Å². The first kappa shape index (κ1) is 11.1. The molecule has 14 heavy (non-hydrogen) atoms. The molecule has 1 aromatic carbocycles. The third kappa shape index (κ3) is 1.76. The summed E-state index contributed by atoms with van der Waals surface area (Å²) in [6, 6.07) is 0.649. The van der Waals surface area contributed by atoms with Gasteiger partial charge in [0.1, 0.15) is 11.6 Å². The second-order valence-electron chi connectivity index (χ2n) is 2.51. The first-order chi connectivity index (χ1) is 6.49. The van der Waals surface area contributed by atoms with E-state index >= 15 is 0 Å². The highest BCUT2D eigenvalue weighted by Crippen LogP contribution is 2.29. The van der Waals surface area contributed by atoms with Crippen molar-refractivity contribution in [2.45, 2.75) is 0 Å². The summed E-state index contributed by atoms with van der Waals surface area (Å²) in [7, 11) is 0. The van der Waals surface area contributed by atoms with Crippen molar-refractivity contribution in [1.82, 2.24) is 0 Å². The fourth-order valence-electron chi connectivity index (χ4n) is 0.950. The average Bonchev–Trinajstić information content (AvgIpc) is 2.14. The van der Waals surface area contributed by atoms with Crippen molar-refractivity contribution < 1.29 is 18.7 Å². The molecule has 0 aliphatic rings. The Morgan fingerprint density at radius 1 is 1.57 bits per heavy atom. The van der Waals surface area contributed by atoms with Crippen molar-refractivity contribution in [3.63, 3.8) is 0 Å². The van der Waals surface area contributed by atoms with Gasteiger partial charge in [0, 0.05) is 6.07 Å². The molecule has 0 aliphatic carbocycles. The predicted octanol–water partition coefficient (Wildman–Crippen LogP) is 1.57. The molecule has 6 heteroatoms. The lowest BCUT2D eigenvalue weighted by molar-refractivity contribution is 0.0994. The van der Waals surface area contributed by atoms with Gasteiger partial charge in [-0.1, -0.05) is 0 Å². The quantitative estimate of drug-likeness (QED) is 0.631. The summed E-state index contributed by atoms with van der Waals surface area (Å²) in [5.41, 5.74) is 4.40. The number of hydrogen-bond acceptors (Lipinski definition) is 3. The number of rotatable bonds is 2. The van der Waals surface area contributed by atoms with E-state index in [4.69, 9.17) is 10.8 Å². The number of Topliss-reactive ketones (excluding diaryl/α,β-unsaturated/α-hetero) is 1. The molecule has 0 saturated carbocycles. The smallest absolute Gasteiger partial charge is 0.183 e. The van der Waals surface area contributed by atoms with Crippen LogP contribution in [0.4, 0.5) is 8.78 Å². The normalized spacial score (nSPS) is 10.3. The molecule has 0 aromatic heterocycles. The van der Waals surface area contributed by atoms with E-state index in [1.54, 1.807) is 0 Å². The van der Waals surface area contributed by atoms with Gasteiger partial charge in [0.15, 0.2) is 11.6 Å². The monoisotopic (exact) mass is 265 g/mol. The van der Waals surface area contributed by atoms with Crippen LogP contribution in [0.5, 0.6) is 5.75 Å². The zero-order chi connectivity index (χ0) is 10.9. The number of hydrogen-bond donors (Lipinski definition) is 2. The Balaban J connectivity index is 3.44. The van der Waals surface area contributed by atoms with Crippen LogP contribution in [0, 0.1) is 11.6 Å². The van der Waals surface area contributed by atoms with Crippen molar-refractivity contribution in [3.8, 4) is 5.75 Å². The van der Waals surface area contributed by atoms with E-state index in [1.165, 1.54) is 0 Å². The highest BCUT2D eigenvalue weighted by Gasteiger charge is 2.21. The maximum atomic E-state index is 13.2. The Bertz CT molecular complexity index is 395. The fraction of sp³-hybridized carbons (Fsp3) is 0.125. The molecule has 0 amide bonds. The molecule has 0 bridgehead atoms. The lowest BCUT2D eigenvalue weighted by atomic mass is 10.1. The lowest BCUT2D eigenvalue weighted by Crippen LogP contribution is -2.16. The molecule has 0 aliphatic heterocycles. The van der Waals surface area contributed by atoms with Crippen LogP contribution in [-0.2, 0) is 0 Å². The number of carbonyl (C=O) groups is 1. The number of aromatic hydroxyl groups is 1. The number of halogens is 3. The summed E-state index contributed by atoms with van der Waals surface area (Å²) < 4.78 is 25.5. The minimum Gasteiger partial charge on any atom is -0.507 e. The molecule has 3 nitrogen and oxygen atoms in total. The SMILES string of the molecule is NCC(=O)c1c(O)cc(F)c(Br)c1F. The van der Waals surface area contributed by atoms with Crippen LogP contribution in [0.2, 0.25) is 0 Å². The molecule has 76 valence electrons. The molecule has 0 radical (unpaired) electrons. The van der Waals surface area contributed by atoms with Crippen molar-refractivity contribution in [3.05, 3.63) is 27.7 Å². The topological polar surface area (TPSA) is 63.3 Å². The lowest BCUT2D eigenvalue weighted by Gasteiger charge is -2.05. The molecule has 1 aromatic rings. The minimum atomic E-state index is -1.14. The molecular formula is C8H6BrF2NO2. The van der Waals surface area contributed by atoms with E-state index in [0.717, 1.165) is 0 Å². The Morgan fingerprint density at radius 2 is 2.14 bits per heavy atom. The molecular weight excluding hydrogens is 260 g/mol. The third-order valence-electron chi connectivity index (χ3n) is 1.61. The maximum absolute atomic E-state index is 13.2. The van der Waals surface area contributed by atoms with Gasteiger partial charge in [-0.15, -0.1) is 0 Å². The van der Waals surface area contributed by atoms with Crippen molar-refractivity contribution in [2.24, 2.45) is 5.73 Å². The molecule has 0 saturated heterocycles. The van der Waals surface area contributed by atoms with E-state index in [2.05, 4.69) is 15.9 Å². The van der Waals surface area contributed by atoms with Crippen molar-refractivity contribution >= 4 is 21.7 Å². The molecule has 3 N–H and O–H groups in total.